The number of aromatic amines is 1. The van der Waals surface area contributed by atoms with Gasteiger partial charge in [-0.05, 0) is 23.8 Å². The number of imidazole rings is 1. The van der Waals surface area contributed by atoms with Gasteiger partial charge in [0.1, 0.15) is 16.8 Å². The highest BCUT2D eigenvalue weighted by Gasteiger charge is 2.27. The minimum Gasteiger partial charge on any atom is -0.366 e. The van der Waals surface area contributed by atoms with Gasteiger partial charge in [-0.25, -0.2) is 4.98 Å². The van der Waals surface area contributed by atoms with E-state index in [1.54, 1.807) is 71.3 Å². The van der Waals surface area contributed by atoms with Gasteiger partial charge in [0.2, 0.25) is 0 Å². The Morgan fingerprint density at radius 1 is 1.11 bits per heavy atom. The molecule has 2 aromatic carbocycles. The van der Waals surface area contributed by atoms with Crippen molar-refractivity contribution >= 4 is 69.7 Å². The number of thioether (sulfide) groups is 2. The summed E-state index contributed by atoms with van der Waals surface area (Å²) in [6, 6.07) is 14.9. The fourth-order valence-electron chi connectivity index (χ4n) is 3.43. The molecule has 0 spiro atoms. The summed E-state index contributed by atoms with van der Waals surface area (Å²) in [5.41, 5.74) is 2.60. The fraction of sp³-hybridized carbons (Fsp3) is 0.0833. The number of benzene rings is 2. The molecule has 182 valence electrons. The second kappa shape index (κ2) is 11.9. The molecule has 0 radical (unpaired) electrons. The van der Waals surface area contributed by atoms with Crippen molar-refractivity contribution in [3.8, 4) is 17.2 Å². The van der Waals surface area contributed by atoms with Gasteiger partial charge in [-0.15, -0.1) is 23.5 Å². The predicted octanol–water partition coefficient (Wildman–Crippen LogP) is 8.30. The van der Waals surface area contributed by atoms with Crippen molar-refractivity contribution in [2.24, 2.45) is 0 Å². The maximum Gasteiger partial charge on any atom is 0.295 e. The molecule has 4 aromatic rings. The molecule has 36 heavy (non-hydrogen) atoms. The summed E-state index contributed by atoms with van der Waals surface area (Å²) in [5.74, 6) is 0.920. The number of allylic oxidation sites excluding steroid dienone is 1. The Hall–Kier alpha value is -2.87. The van der Waals surface area contributed by atoms with E-state index in [2.05, 4.69) is 16.0 Å². The second-order valence-corrected chi connectivity index (χ2v) is 11.0. The van der Waals surface area contributed by atoms with E-state index in [-0.39, 0.29) is 16.0 Å². The molecule has 0 bridgehead atoms. The highest BCUT2D eigenvalue weighted by molar-refractivity contribution is 8.25. The quantitative estimate of drug-likeness (QED) is 0.149. The van der Waals surface area contributed by atoms with Crippen LogP contribution in [0, 0.1) is 21.4 Å². The lowest BCUT2D eigenvalue weighted by atomic mass is 10.1. The van der Waals surface area contributed by atoms with Crippen LogP contribution in [0.4, 0.5) is 5.69 Å². The molecule has 2 aromatic heterocycles. The summed E-state index contributed by atoms with van der Waals surface area (Å²) in [7, 11) is 0. The molecule has 1 aliphatic heterocycles. The standard InChI is InChI=1S/C14H10ClN3S2.C10H6Cl2N2O2/c15-11-4-2-1-3-10(11)13-8-19-14(20-13)12(7-16)18-6-5-17-9-18;11-8-3-1-2-6(10(8)14(15)16)7-4-13-5-9(7)12/h1-6,9,13H,8H2;1-5,13H/b14-12+;. The average molecular weight is 577 g/mol. The molecule has 1 N–H and O–H groups in total. The number of para-hydroxylation sites is 1. The first-order valence-electron chi connectivity index (χ1n) is 10.3. The summed E-state index contributed by atoms with van der Waals surface area (Å²) >= 11 is 21.3. The van der Waals surface area contributed by atoms with Crippen LogP contribution in [0.1, 0.15) is 10.8 Å². The number of aromatic nitrogens is 3. The van der Waals surface area contributed by atoms with Crippen molar-refractivity contribution in [3.63, 3.8) is 0 Å². The summed E-state index contributed by atoms with van der Waals surface area (Å²) in [6.45, 7) is 0. The van der Waals surface area contributed by atoms with Crippen molar-refractivity contribution in [2.75, 3.05) is 5.75 Å². The van der Waals surface area contributed by atoms with Gasteiger partial charge >= 0.3 is 0 Å². The molecule has 1 aliphatic rings. The number of nitriles is 1. The Labute approximate surface area is 230 Å². The fourth-order valence-corrected chi connectivity index (χ4v) is 7.15. The molecule has 1 fully saturated rings. The largest absolute Gasteiger partial charge is 0.366 e. The van der Waals surface area contributed by atoms with Gasteiger partial charge in [0.15, 0.2) is 0 Å². The SMILES string of the molecule is N#C/C(=C1/SCC(c2ccccc2Cl)S1)n1ccnc1.O=[N+]([O-])c1c(Cl)cccc1-c1c[nH]cc1Cl. The molecule has 3 heterocycles. The van der Waals surface area contributed by atoms with Crippen molar-refractivity contribution in [3.05, 3.63) is 109 Å². The zero-order chi connectivity index (χ0) is 25.7. The topological polar surface area (TPSA) is 101 Å². The van der Waals surface area contributed by atoms with E-state index in [1.807, 2.05) is 24.3 Å². The van der Waals surface area contributed by atoms with Crippen LogP contribution in [-0.2, 0) is 0 Å². The van der Waals surface area contributed by atoms with Gasteiger partial charge in [0, 0.05) is 46.4 Å². The summed E-state index contributed by atoms with van der Waals surface area (Å²) in [4.78, 5) is 17.2. The number of nitrogens with one attached hydrogen (secondary N) is 1. The molecular formula is C24H16Cl3N5O2S2. The van der Waals surface area contributed by atoms with Crippen molar-refractivity contribution in [1.82, 2.24) is 14.5 Å². The second-order valence-electron chi connectivity index (χ2n) is 7.27. The van der Waals surface area contributed by atoms with Gasteiger partial charge in [0.05, 0.1) is 26.1 Å². The first kappa shape index (κ1) is 26.2. The monoisotopic (exact) mass is 575 g/mol. The Morgan fingerprint density at radius 3 is 2.53 bits per heavy atom. The van der Waals surface area contributed by atoms with Crippen molar-refractivity contribution < 1.29 is 4.92 Å². The predicted molar refractivity (Wildman–Crippen MR) is 148 cm³/mol. The first-order chi connectivity index (χ1) is 17.4. The number of H-pyrrole nitrogens is 1. The van der Waals surface area contributed by atoms with Crippen LogP contribution in [0.25, 0.3) is 16.8 Å². The molecule has 5 rings (SSSR count). The van der Waals surface area contributed by atoms with Crippen LogP contribution in [0.2, 0.25) is 15.1 Å². The normalized spacial score (nSPS) is 16.1. The van der Waals surface area contributed by atoms with Crippen molar-refractivity contribution in [1.29, 1.82) is 5.26 Å². The molecule has 1 atom stereocenters. The van der Waals surface area contributed by atoms with Crippen molar-refractivity contribution in [2.45, 2.75) is 5.25 Å². The number of rotatable bonds is 4. The Balaban J connectivity index is 0.000000174. The van der Waals surface area contributed by atoms with Gasteiger partial charge in [-0.2, -0.15) is 5.26 Å². The Morgan fingerprint density at radius 2 is 1.89 bits per heavy atom. The van der Waals surface area contributed by atoms with E-state index in [9.17, 15) is 15.4 Å². The van der Waals surface area contributed by atoms with Gasteiger partial charge < -0.3 is 4.98 Å². The number of halogens is 3. The lowest BCUT2D eigenvalue weighted by Gasteiger charge is -2.09. The van der Waals surface area contributed by atoms with Gasteiger partial charge in [-0.1, -0.05) is 59.1 Å². The summed E-state index contributed by atoms with van der Waals surface area (Å²) < 4.78 is 2.78. The smallest absolute Gasteiger partial charge is 0.295 e. The minimum absolute atomic E-state index is 0.0970. The Bertz CT molecular complexity index is 1460. The minimum atomic E-state index is -0.513. The van der Waals surface area contributed by atoms with E-state index in [4.69, 9.17) is 34.8 Å². The van der Waals surface area contributed by atoms with E-state index in [1.165, 1.54) is 6.07 Å². The number of hydrogen-bond donors (Lipinski definition) is 1. The lowest BCUT2D eigenvalue weighted by Crippen LogP contribution is -1.93. The van der Waals surface area contributed by atoms with E-state index in [0.29, 0.717) is 21.8 Å². The first-order valence-corrected chi connectivity index (χ1v) is 13.3. The molecular weight excluding hydrogens is 561 g/mol. The highest BCUT2D eigenvalue weighted by atomic mass is 35.5. The zero-order valence-corrected chi connectivity index (χ0v) is 22.2. The number of nitrogens with zero attached hydrogens (tertiary/aromatic N) is 4. The van der Waals surface area contributed by atoms with Gasteiger partial charge in [-0.3, -0.25) is 14.7 Å². The molecule has 0 saturated carbocycles. The van der Waals surface area contributed by atoms with Crippen LogP contribution < -0.4 is 0 Å². The van der Waals surface area contributed by atoms with E-state index in [0.717, 1.165) is 20.6 Å². The van der Waals surface area contributed by atoms with Gasteiger partial charge in [0.25, 0.3) is 5.69 Å². The maximum atomic E-state index is 10.9. The summed E-state index contributed by atoms with van der Waals surface area (Å²) in [6.07, 6.45) is 8.27. The molecule has 1 unspecified atom stereocenters. The Kier molecular flexibility index (Phi) is 8.67. The molecule has 0 aliphatic carbocycles. The lowest BCUT2D eigenvalue weighted by molar-refractivity contribution is -0.384. The molecule has 12 heteroatoms. The number of nitro benzene ring substituents is 1. The molecule has 0 amide bonds. The third-order valence-electron chi connectivity index (χ3n) is 5.08. The van der Waals surface area contributed by atoms with E-state index >= 15 is 0 Å². The number of hydrogen-bond acceptors (Lipinski definition) is 6. The highest BCUT2D eigenvalue weighted by Crippen LogP contribution is 2.53. The number of nitro groups is 1. The molecule has 1 saturated heterocycles. The van der Waals surface area contributed by atoms with Crippen LogP contribution >= 0.6 is 58.3 Å². The van der Waals surface area contributed by atoms with Crippen LogP contribution in [-0.4, -0.2) is 25.2 Å². The molecule has 7 nitrogen and oxygen atoms in total. The van der Waals surface area contributed by atoms with Crippen LogP contribution in [0.3, 0.4) is 0 Å². The van der Waals surface area contributed by atoms with E-state index < -0.39 is 4.92 Å². The van der Waals surface area contributed by atoms with Crippen LogP contribution in [0.15, 0.2) is 77.8 Å². The third kappa shape index (κ3) is 5.75. The average Bonchev–Trinajstić information content (AvgIpc) is 3.63. The van der Waals surface area contributed by atoms with Crippen LogP contribution in [0.5, 0.6) is 0 Å². The summed E-state index contributed by atoms with van der Waals surface area (Å²) in [5, 5.41) is 21.9. The zero-order valence-electron chi connectivity index (χ0n) is 18.3. The third-order valence-corrected chi connectivity index (χ3v) is 8.97. The maximum absolute atomic E-state index is 10.9.